The standard InChI is InChI=1S/C15H26BrNO/c1-12(16)14-8-10-17(11-9-14)15(18)7-6-13-4-2-3-5-13/h12-14H,2-11H2,1H3. The molecule has 104 valence electrons. The number of carbonyl (C=O) groups excluding carboxylic acids is 1. The second kappa shape index (κ2) is 6.93. The summed E-state index contributed by atoms with van der Waals surface area (Å²) in [5.41, 5.74) is 0. The fourth-order valence-corrected chi connectivity index (χ4v) is 3.92. The zero-order valence-electron chi connectivity index (χ0n) is 11.5. The monoisotopic (exact) mass is 315 g/mol. The molecule has 1 atom stereocenters. The van der Waals surface area contributed by atoms with E-state index in [-0.39, 0.29) is 0 Å². The van der Waals surface area contributed by atoms with Gasteiger partial charge in [0.05, 0.1) is 0 Å². The smallest absolute Gasteiger partial charge is 0.222 e. The van der Waals surface area contributed by atoms with Crippen molar-refractivity contribution in [2.45, 2.75) is 63.1 Å². The normalized spacial score (nSPS) is 24.4. The number of hydrogen-bond acceptors (Lipinski definition) is 1. The highest BCUT2D eigenvalue weighted by atomic mass is 79.9. The molecule has 1 saturated carbocycles. The molecule has 0 aromatic rings. The van der Waals surface area contributed by atoms with Gasteiger partial charge in [-0.25, -0.2) is 0 Å². The molecule has 1 unspecified atom stereocenters. The molecule has 0 spiro atoms. The Bertz CT molecular complexity index is 266. The number of nitrogens with zero attached hydrogens (tertiary/aromatic N) is 1. The summed E-state index contributed by atoms with van der Waals surface area (Å²) < 4.78 is 0. The van der Waals surface area contributed by atoms with E-state index in [1.807, 2.05) is 0 Å². The van der Waals surface area contributed by atoms with E-state index in [1.165, 1.54) is 38.5 Å². The summed E-state index contributed by atoms with van der Waals surface area (Å²) in [6.07, 6.45) is 9.74. The van der Waals surface area contributed by atoms with Crippen LogP contribution in [0.15, 0.2) is 0 Å². The van der Waals surface area contributed by atoms with Crippen molar-refractivity contribution in [3.63, 3.8) is 0 Å². The Morgan fingerprint density at radius 3 is 2.39 bits per heavy atom. The van der Waals surface area contributed by atoms with Gasteiger partial charge in [0.2, 0.25) is 5.91 Å². The molecule has 18 heavy (non-hydrogen) atoms. The van der Waals surface area contributed by atoms with Gasteiger partial charge in [-0.2, -0.15) is 0 Å². The third kappa shape index (κ3) is 3.97. The fraction of sp³-hybridized carbons (Fsp3) is 0.933. The zero-order valence-corrected chi connectivity index (χ0v) is 13.1. The molecule has 1 amide bonds. The van der Waals surface area contributed by atoms with Crippen LogP contribution in [-0.2, 0) is 4.79 Å². The minimum absolute atomic E-state index is 0.405. The van der Waals surface area contributed by atoms with E-state index >= 15 is 0 Å². The molecule has 2 aliphatic rings. The molecule has 1 aliphatic heterocycles. The predicted octanol–water partition coefficient (Wildman–Crippen LogP) is 3.98. The number of halogens is 1. The molecule has 0 bridgehead atoms. The van der Waals surface area contributed by atoms with Crippen molar-refractivity contribution in [3.05, 3.63) is 0 Å². The van der Waals surface area contributed by atoms with Crippen LogP contribution >= 0.6 is 15.9 Å². The Kier molecular flexibility index (Phi) is 5.53. The van der Waals surface area contributed by atoms with E-state index < -0.39 is 0 Å². The highest BCUT2D eigenvalue weighted by Crippen LogP contribution is 2.29. The molecule has 2 rings (SSSR count). The third-order valence-electron chi connectivity index (χ3n) is 4.78. The second-order valence-electron chi connectivity index (χ2n) is 6.08. The lowest BCUT2D eigenvalue weighted by Crippen LogP contribution is -2.40. The molecule has 1 aliphatic carbocycles. The second-order valence-corrected chi connectivity index (χ2v) is 7.53. The van der Waals surface area contributed by atoms with Crippen LogP contribution in [0.1, 0.15) is 58.3 Å². The van der Waals surface area contributed by atoms with Gasteiger partial charge in [-0.1, -0.05) is 48.5 Å². The fourth-order valence-electron chi connectivity index (χ4n) is 3.39. The average molecular weight is 316 g/mol. The molecule has 3 heteroatoms. The highest BCUT2D eigenvalue weighted by Gasteiger charge is 2.25. The molecule has 2 fully saturated rings. The van der Waals surface area contributed by atoms with Crippen LogP contribution in [0.5, 0.6) is 0 Å². The van der Waals surface area contributed by atoms with Gasteiger partial charge in [0, 0.05) is 24.3 Å². The Labute approximate surface area is 120 Å². The van der Waals surface area contributed by atoms with E-state index in [0.29, 0.717) is 10.7 Å². The number of likely N-dealkylation sites (tertiary alicyclic amines) is 1. The van der Waals surface area contributed by atoms with Gasteiger partial charge in [0.15, 0.2) is 0 Å². The lowest BCUT2D eigenvalue weighted by molar-refractivity contribution is -0.132. The molecular formula is C15H26BrNO. The summed E-state index contributed by atoms with van der Waals surface area (Å²) in [5.74, 6) is 2.00. The van der Waals surface area contributed by atoms with Gasteiger partial charge in [-0.05, 0) is 31.1 Å². The lowest BCUT2D eigenvalue weighted by Gasteiger charge is -2.33. The van der Waals surface area contributed by atoms with Gasteiger partial charge in [-0.15, -0.1) is 0 Å². The lowest BCUT2D eigenvalue weighted by atomic mass is 9.93. The van der Waals surface area contributed by atoms with Crippen LogP contribution < -0.4 is 0 Å². The van der Waals surface area contributed by atoms with Crippen LogP contribution in [0.3, 0.4) is 0 Å². The van der Waals surface area contributed by atoms with E-state index in [2.05, 4.69) is 27.8 Å². The van der Waals surface area contributed by atoms with Gasteiger partial charge in [0.25, 0.3) is 0 Å². The summed E-state index contributed by atoms with van der Waals surface area (Å²) in [5, 5.41) is 0. The van der Waals surface area contributed by atoms with Crippen molar-refractivity contribution in [1.29, 1.82) is 0 Å². The Morgan fingerprint density at radius 2 is 1.83 bits per heavy atom. The van der Waals surface area contributed by atoms with Crippen LogP contribution in [0.25, 0.3) is 0 Å². The van der Waals surface area contributed by atoms with Gasteiger partial charge < -0.3 is 4.90 Å². The molecule has 0 N–H and O–H groups in total. The van der Waals surface area contributed by atoms with E-state index in [9.17, 15) is 4.79 Å². The summed E-state index contributed by atoms with van der Waals surface area (Å²) in [4.78, 5) is 14.8. The number of piperidine rings is 1. The number of carbonyl (C=O) groups is 1. The third-order valence-corrected chi connectivity index (χ3v) is 5.53. The zero-order chi connectivity index (χ0) is 13.0. The quantitative estimate of drug-likeness (QED) is 0.719. The number of rotatable bonds is 4. The van der Waals surface area contributed by atoms with Crippen LogP contribution in [0.4, 0.5) is 0 Å². The van der Waals surface area contributed by atoms with Crippen molar-refractivity contribution in [3.8, 4) is 0 Å². The molecule has 1 saturated heterocycles. The maximum absolute atomic E-state index is 12.1. The Morgan fingerprint density at radius 1 is 1.22 bits per heavy atom. The molecule has 0 aromatic heterocycles. The number of hydrogen-bond donors (Lipinski definition) is 0. The van der Waals surface area contributed by atoms with Gasteiger partial charge in [-0.3, -0.25) is 4.79 Å². The summed E-state index contributed by atoms with van der Waals surface area (Å²) in [7, 11) is 0. The SMILES string of the molecule is CC(Br)C1CCN(C(=O)CCC2CCCC2)CC1. The van der Waals surface area contributed by atoms with Gasteiger partial charge in [0.1, 0.15) is 0 Å². The van der Waals surface area contributed by atoms with Crippen molar-refractivity contribution in [2.75, 3.05) is 13.1 Å². The molecule has 0 radical (unpaired) electrons. The summed E-state index contributed by atoms with van der Waals surface area (Å²) in [6, 6.07) is 0. The van der Waals surface area contributed by atoms with Gasteiger partial charge >= 0.3 is 0 Å². The van der Waals surface area contributed by atoms with Crippen LogP contribution in [-0.4, -0.2) is 28.7 Å². The first-order valence-electron chi connectivity index (χ1n) is 7.58. The topological polar surface area (TPSA) is 20.3 Å². The van der Waals surface area contributed by atoms with E-state index in [0.717, 1.165) is 37.8 Å². The Hall–Kier alpha value is -0.0500. The predicted molar refractivity (Wildman–Crippen MR) is 78.9 cm³/mol. The van der Waals surface area contributed by atoms with Crippen molar-refractivity contribution in [1.82, 2.24) is 4.90 Å². The highest BCUT2D eigenvalue weighted by molar-refractivity contribution is 9.09. The molecule has 0 aromatic carbocycles. The first-order chi connectivity index (χ1) is 8.66. The molecule has 1 heterocycles. The molecule has 2 nitrogen and oxygen atoms in total. The number of amides is 1. The minimum Gasteiger partial charge on any atom is -0.343 e. The summed E-state index contributed by atoms with van der Waals surface area (Å²) >= 11 is 3.66. The first kappa shape index (κ1) is 14.4. The van der Waals surface area contributed by atoms with Crippen molar-refractivity contribution < 1.29 is 4.79 Å². The Balaban J connectivity index is 1.67. The maximum atomic E-state index is 12.1. The summed E-state index contributed by atoms with van der Waals surface area (Å²) in [6.45, 7) is 4.18. The van der Waals surface area contributed by atoms with Crippen LogP contribution in [0, 0.1) is 11.8 Å². The average Bonchev–Trinajstić information content (AvgIpc) is 2.89. The number of alkyl halides is 1. The van der Waals surface area contributed by atoms with E-state index in [4.69, 9.17) is 0 Å². The maximum Gasteiger partial charge on any atom is 0.222 e. The van der Waals surface area contributed by atoms with Crippen LogP contribution in [0.2, 0.25) is 0 Å². The van der Waals surface area contributed by atoms with Crippen molar-refractivity contribution in [2.24, 2.45) is 11.8 Å². The molecular weight excluding hydrogens is 290 g/mol. The van der Waals surface area contributed by atoms with E-state index in [1.54, 1.807) is 0 Å². The minimum atomic E-state index is 0.405. The first-order valence-corrected chi connectivity index (χ1v) is 8.50. The van der Waals surface area contributed by atoms with Crippen molar-refractivity contribution >= 4 is 21.8 Å². The largest absolute Gasteiger partial charge is 0.343 e.